The fraction of sp³-hybridized carbons (Fsp3) is 0.259. The molecular formula is C27H23F3N2O7S. The number of nitrogens with one attached hydrogen (secondary N) is 2. The summed E-state index contributed by atoms with van der Waals surface area (Å²) in [7, 11) is 0. The van der Waals surface area contributed by atoms with E-state index in [9.17, 15) is 32.3 Å². The van der Waals surface area contributed by atoms with Crippen LogP contribution in [-0.2, 0) is 33.9 Å². The number of fused-ring (bicyclic) bond motifs is 1. The summed E-state index contributed by atoms with van der Waals surface area (Å²) in [5, 5.41) is 5.85. The average molecular weight is 577 g/mol. The number of thiophene rings is 1. The minimum Gasteiger partial charge on any atom is -0.485 e. The predicted octanol–water partition coefficient (Wildman–Crippen LogP) is 3.60. The molecule has 0 saturated carbocycles. The third-order valence-corrected chi connectivity index (χ3v) is 6.90. The average Bonchev–Trinajstić information content (AvgIpc) is 3.38. The number of ether oxygens (including phenoxy) is 3. The first kappa shape index (κ1) is 28.8. The molecule has 0 atom stereocenters. The topological polar surface area (TPSA) is 120 Å². The Kier molecular flexibility index (Phi) is 9.17. The zero-order chi connectivity index (χ0) is 28.7. The SMILES string of the molecule is O=C(COc1ccc(C(=O)CNC(=O)c2cc3c(s2)CCNC3)cc1OCc1ccccc1)OC(=O)C(F)(F)F. The highest BCUT2D eigenvalue weighted by atomic mass is 32.1. The van der Waals surface area contributed by atoms with Crippen molar-refractivity contribution in [2.75, 3.05) is 19.7 Å². The number of rotatable bonds is 10. The lowest BCUT2D eigenvalue weighted by Gasteiger charge is -2.14. The fourth-order valence-corrected chi connectivity index (χ4v) is 4.79. The minimum atomic E-state index is -5.34. The van der Waals surface area contributed by atoms with Gasteiger partial charge in [0.05, 0.1) is 11.4 Å². The second-order valence-corrected chi connectivity index (χ2v) is 9.71. The van der Waals surface area contributed by atoms with Gasteiger partial charge in [-0.3, -0.25) is 9.59 Å². The number of carbonyl (C=O) groups excluding carboxylic acids is 4. The third-order valence-electron chi connectivity index (χ3n) is 5.66. The van der Waals surface area contributed by atoms with E-state index in [2.05, 4.69) is 15.4 Å². The summed E-state index contributed by atoms with van der Waals surface area (Å²) in [4.78, 5) is 49.6. The van der Waals surface area contributed by atoms with Crippen LogP contribution in [0.1, 0.15) is 36.0 Å². The second kappa shape index (κ2) is 12.7. The first-order valence-corrected chi connectivity index (χ1v) is 12.8. The van der Waals surface area contributed by atoms with Crippen LogP contribution in [0, 0.1) is 0 Å². The molecule has 13 heteroatoms. The van der Waals surface area contributed by atoms with E-state index in [1.54, 1.807) is 30.3 Å². The molecule has 0 bridgehead atoms. The van der Waals surface area contributed by atoms with Crippen LogP contribution in [0.3, 0.4) is 0 Å². The van der Waals surface area contributed by atoms with Crippen LogP contribution in [0.2, 0.25) is 0 Å². The first-order chi connectivity index (χ1) is 19.1. The van der Waals surface area contributed by atoms with Gasteiger partial charge < -0.3 is 24.8 Å². The van der Waals surface area contributed by atoms with Gasteiger partial charge in [-0.2, -0.15) is 13.2 Å². The largest absolute Gasteiger partial charge is 0.491 e. The normalized spacial score (nSPS) is 12.7. The van der Waals surface area contributed by atoms with Gasteiger partial charge in [-0.25, -0.2) is 9.59 Å². The van der Waals surface area contributed by atoms with E-state index >= 15 is 0 Å². The van der Waals surface area contributed by atoms with Crippen molar-refractivity contribution in [2.45, 2.75) is 25.7 Å². The summed E-state index contributed by atoms with van der Waals surface area (Å²) in [5.74, 6) is -5.11. The van der Waals surface area contributed by atoms with E-state index in [0.29, 0.717) is 11.4 Å². The Hall–Kier alpha value is -4.23. The van der Waals surface area contributed by atoms with E-state index < -0.39 is 30.5 Å². The molecule has 0 saturated heterocycles. The van der Waals surface area contributed by atoms with E-state index in [4.69, 9.17) is 9.47 Å². The molecule has 2 heterocycles. The Labute approximate surface area is 230 Å². The lowest BCUT2D eigenvalue weighted by atomic mass is 10.1. The zero-order valence-electron chi connectivity index (χ0n) is 20.8. The lowest BCUT2D eigenvalue weighted by Crippen LogP contribution is -2.30. The van der Waals surface area contributed by atoms with Crippen LogP contribution >= 0.6 is 11.3 Å². The Morgan fingerprint density at radius 2 is 1.75 bits per heavy atom. The summed E-state index contributed by atoms with van der Waals surface area (Å²) in [6, 6.07) is 14.7. The number of Topliss-reactive ketones (excluding diaryl/α,β-unsaturated/α-hetero) is 1. The van der Waals surface area contributed by atoms with E-state index in [1.165, 1.54) is 29.5 Å². The molecule has 0 fully saturated rings. The summed E-state index contributed by atoms with van der Waals surface area (Å²) in [6.07, 6.45) is -4.50. The molecular weight excluding hydrogens is 553 g/mol. The number of halogens is 3. The number of hydrogen-bond acceptors (Lipinski definition) is 9. The van der Waals surface area contributed by atoms with Crippen molar-refractivity contribution in [3.8, 4) is 11.5 Å². The van der Waals surface area contributed by atoms with Crippen molar-refractivity contribution < 1.29 is 46.6 Å². The number of ketones is 1. The number of esters is 2. The fourth-order valence-electron chi connectivity index (χ4n) is 3.69. The third kappa shape index (κ3) is 7.67. The van der Waals surface area contributed by atoms with E-state index in [1.807, 2.05) is 6.07 Å². The second-order valence-electron chi connectivity index (χ2n) is 8.58. The molecule has 4 rings (SSSR count). The highest BCUT2D eigenvalue weighted by Crippen LogP contribution is 2.30. The van der Waals surface area contributed by atoms with Crippen LogP contribution in [0.15, 0.2) is 54.6 Å². The van der Waals surface area contributed by atoms with Crippen molar-refractivity contribution >= 4 is 35.0 Å². The number of carbonyl (C=O) groups is 4. The van der Waals surface area contributed by atoms with Gasteiger partial charge in [0.2, 0.25) is 0 Å². The summed E-state index contributed by atoms with van der Waals surface area (Å²) in [6.45, 7) is 0.250. The standard InChI is InChI=1S/C27H23F3N2O7S/c28-27(29,30)26(36)39-24(34)15-38-20-7-6-17(10-21(20)37-14-16-4-2-1-3-5-16)19(33)13-32-25(35)23-11-18-12-31-9-8-22(18)40-23/h1-7,10-11,31H,8-9,12-15H2,(H,32,35). The number of alkyl halides is 3. The van der Waals surface area contributed by atoms with Gasteiger partial charge in [0.1, 0.15) is 6.61 Å². The van der Waals surface area contributed by atoms with Gasteiger partial charge in [0.15, 0.2) is 23.9 Å². The van der Waals surface area contributed by atoms with Crippen LogP contribution in [-0.4, -0.2) is 49.5 Å². The first-order valence-electron chi connectivity index (χ1n) is 12.0. The quantitative estimate of drug-likeness (QED) is 0.214. The summed E-state index contributed by atoms with van der Waals surface area (Å²) in [5.41, 5.74) is 1.98. The van der Waals surface area contributed by atoms with Gasteiger partial charge in [-0.1, -0.05) is 30.3 Å². The molecule has 1 amide bonds. The van der Waals surface area contributed by atoms with Gasteiger partial charge in [-0.15, -0.1) is 11.3 Å². The molecule has 1 aromatic heterocycles. The van der Waals surface area contributed by atoms with Crippen LogP contribution in [0.4, 0.5) is 13.2 Å². The van der Waals surface area contributed by atoms with Crippen molar-refractivity contribution in [3.05, 3.63) is 81.0 Å². The van der Waals surface area contributed by atoms with Crippen molar-refractivity contribution in [2.24, 2.45) is 0 Å². The zero-order valence-corrected chi connectivity index (χ0v) is 21.7. The minimum absolute atomic E-state index is 0.00871. The van der Waals surface area contributed by atoms with Crippen molar-refractivity contribution in [1.82, 2.24) is 10.6 Å². The molecule has 0 unspecified atom stereocenters. The maximum Gasteiger partial charge on any atom is 0.491 e. The Balaban J connectivity index is 1.42. The highest BCUT2D eigenvalue weighted by molar-refractivity contribution is 7.14. The van der Waals surface area contributed by atoms with Crippen molar-refractivity contribution in [1.29, 1.82) is 0 Å². The Morgan fingerprint density at radius 1 is 0.975 bits per heavy atom. The van der Waals surface area contributed by atoms with Crippen LogP contribution in [0.5, 0.6) is 11.5 Å². The van der Waals surface area contributed by atoms with Crippen molar-refractivity contribution in [3.63, 3.8) is 0 Å². The highest BCUT2D eigenvalue weighted by Gasteiger charge is 2.42. The summed E-state index contributed by atoms with van der Waals surface area (Å²) < 4.78 is 51.7. The molecule has 1 aliphatic rings. The molecule has 1 aliphatic heterocycles. The summed E-state index contributed by atoms with van der Waals surface area (Å²) >= 11 is 1.39. The molecule has 9 nitrogen and oxygen atoms in total. The molecule has 2 N–H and O–H groups in total. The molecule has 2 aromatic carbocycles. The number of amides is 1. The monoisotopic (exact) mass is 576 g/mol. The van der Waals surface area contributed by atoms with Gasteiger partial charge in [0.25, 0.3) is 5.91 Å². The maximum atomic E-state index is 12.9. The molecule has 210 valence electrons. The van der Waals surface area contributed by atoms with Gasteiger partial charge >= 0.3 is 18.1 Å². The lowest BCUT2D eigenvalue weighted by molar-refractivity contribution is -0.202. The number of benzene rings is 2. The molecule has 0 radical (unpaired) electrons. The predicted molar refractivity (Wildman–Crippen MR) is 136 cm³/mol. The van der Waals surface area contributed by atoms with E-state index in [-0.39, 0.29) is 36.1 Å². The van der Waals surface area contributed by atoms with Crippen LogP contribution < -0.4 is 20.1 Å². The smallest absolute Gasteiger partial charge is 0.485 e. The van der Waals surface area contributed by atoms with Gasteiger partial charge in [-0.05, 0) is 41.8 Å². The molecule has 3 aromatic rings. The molecule has 0 aliphatic carbocycles. The molecule has 0 spiro atoms. The van der Waals surface area contributed by atoms with Crippen LogP contribution in [0.25, 0.3) is 0 Å². The molecule has 40 heavy (non-hydrogen) atoms. The Bertz CT molecular complexity index is 1380. The van der Waals surface area contributed by atoms with Gasteiger partial charge in [0, 0.05) is 23.5 Å². The number of hydrogen-bond donors (Lipinski definition) is 2. The maximum absolute atomic E-state index is 12.9. The Morgan fingerprint density at radius 3 is 2.48 bits per heavy atom. The van der Waals surface area contributed by atoms with E-state index in [0.717, 1.165) is 29.0 Å².